The standard InChI is InChI=1S/C13H13N3O2S/c17-16(18)12-8-14-13(19-12)15-11-6-5-9-3-1-2-4-10(9)7-11/h1-4,8,11H,5-7H2,(H,14,15). The molecule has 0 spiro atoms. The number of rotatable bonds is 3. The van der Waals surface area contributed by atoms with Crippen LogP contribution in [0.3, 0.4) is 0 Å². The van der Waals surface area contributed by atoms with Gasteiger partial charge < -0.3 is 5.32 Å². The number of nitrogens with zero attached hydrogens (tertiary/aromatic N) is 2. The Kier molecular flexibility index (Phi) is 3.16. The van der Waals surface area contributed by atoms with Crippen molar-refractivity contribution < 1.29 is 4.92 Å². The van der Waals surface area contributed by atoms with Gasteiger partial charge in [-0.05, 0) is 41.7 Å². The van der Waals surface area contributed by atoms with Crippen molar-refractivity contribution in [3.63, 3.8) is 0 Å². The Morgan fingerprint density at radius 2 is 2.16 bits per heavy atom. The molecule has 6 heteroatoms. The molecule has 3 rings (SSSR count). The molecule has 1 unspecified atom stereocenters. The van der Waals surface area contributed by atoms with Crippen LogP contribution in [-0.4, -0.2) is 15.9 Å². The van der Waals surface area contributed by atoms with Gasteiger partial charge in [-0.1, -0.05) is 24.3 Å². The maximum absolute atomic E-state index is 10.6. The van der Waals surface area contributed by atoms with Gasteiger partial charge in [-0.25, -0.2) is 4.98 Å². The molecule has 19 heavy (non-hydrogen) atoms. The smallest absolute Gasteiger partial charge is 0.345 e. The molecule has 0 aliphatic heterocycles. The first-order chi connectivity index (χ1) is 9.22. The summed E-state index contributed by atoms with van der Waals surface area (Å²) in [7, 11) is 0. The SMILES string of the molecule is O=[N+]([O-])c1cnc(NC2CCc3ccccc3C2)s1. The van der Waals surface area contributed by atoms with Crippen molar-refractivity contribution in [1.29, 1.82) is 0 Å². The second-order valence-electron chi connectivity index (χ2n) is 4.61. The Morgan fingerprint density at radius 3 is 2.89 bits per heavy atom. The molecule has 1 N–H and O–H groups in total. The summed E-state index contributed by atoms with van der Waals surface area (Å²) >= 11 is 1.09. The summed E-state index contributed by atoms with van der Waals surface area (Å²) in [5.41, 5.74) is 2.77. The molecule has 1 aromatic carbocycles. The van der Waals surface area contributed by atoms with Crippen molar-refractivity contribution in [3.05, 3.63) is 51.7 Å². The molecule has 0 radical (unpaired) electrons. The molecule has 1 aliphatic carbocycles. The number of aromatic nitrogens is 1. The van der Waals surface area contributed by atoms with Gasteiger partial charge in [0.1, 0.15) is 6.20 Å². The van der Waals surface area contributed by atoms with Crippen molar-refractivity contribution in [2.24, 2.45) is 0 Å². The normalized spacial score (nSPS) is 17.8. The summed E-state index contributed by atoms with van der Waals surface area (Å²) < 4.78 is 0. The number of anilines is 1. The fraction of sp³-hybridized carbons (Fsp3) is 0.308. The topological polar surface area (TPSA) is 68.1 Å². The summed E-state index contributed by atoms with van der Waals surface area (Å²) in [6.07, 6.45) is 4.33. The lowest BCUT2D eigenvalue weighted by Crippen LogP contribution is -2.27. The molecule has 2 aromatic rings. The number of thiazole rings is 1. The van der Waals surface area contributed by atoms with Crippen LogP contribution in [-0.2, 0) is 12.8 Å². The third kappa shape index (κ3) is 2.58. The summed E-state index contributed by atoms with van der Waals surface area (Å²) in [6.45, 7) is 0. The van der Waals surface area contributed by atoms with Gasteiger partial charge in [0.15, 0.2) is 5.13 Å². The van der Waals surface area contributed by atoms with Gasteiger partial charge in [0.2, 0.25) is 0 Å². The van der Waals surface area contributed by atoms with Gasteiger partial charge in [-0.3, -0.25) is 10.1 Å². The number of benzene rings is 1. The lowest BCUT2D eigenvalue weighted by Gasteiger charge is -2.25. The highest BCUT2D eigenvalue weighted by atomic mass is 32.1. The van der Waals surface area contributed by atoms with E-state index in [0.29, 0.717) is 11.2 Å². The zero-order chi connectivity index (χ0) is 13.2. The molecule has 98 valence electrons. The van der Waals surface area contributed by atoms with Gasteiger partial charge in [-0.15, -0.1) is 0 Å². The van der Waals surface area contributed by atoms with E-state index in [4.69, 9.17) is 0 Å². The number of nitro groups is 1. The van der Waals surface area contributed by atoms with E-state index < -0.39 is 4.92 Å². The van der Waals surface area contributed by atoms with Gasteiger partial charge in [0, 0.05) is 6.04 Å². The molecule has 1 heterocycles. The Hall–Kier alpha value is -1.95. The summed E-state index contributed by atoms with van der Waals surface area (Å²) in [5, 5.41) is 14.6. The fourth-order valence-corrected chi connectivity index (χ4v) is 3.12. The number of hydrogen-bond donors (Lipinski definition) is 1. The molecule has 1 aliphatic rings. The average molecular weight is 275 g/mol. The highest BCUT2D eigenvalue weighted by molar-refractivity contribution is 7.18. The lowest BCUT2D eigenvalue weighted by atomic mass is 9.88. The Labute approximate surface area is 114 Å². The highest BCUT2D eigenvalue weighted by Gasteiger charge is 2.20. The first-order valence-corrected chi connectivity index (χ1v) is 6.97. The van der Waals surface area contributed by atoms with Gasteiger partial charge in [0.05, 0.1) is 4.92 Å². The third-order valence-corrected chi connectivity index (χ3v) is 4.23. The van der Waals surface area contributed by atoms with Crippen LogP contribution in [0.5, 0.6) is 0 Å². The van der Waals surface area contributed by atoms with E-state index in [2.05, 4.69) is 34.6 Å². The second kappa shape index (κ2) is 4.97. The van der Waals surface area contributed by atoms with Crippen molar-refractivity contribution in [2.45, 2.75) is 25.3 Å². The third-order valence-electron chi connectivity index (χ3n) is 3.35. The molecular formula is C13H13N3O2S. The van der Waals surface area contributed by atoms with Crippen LogP contribution in [0.1, 0.15) is 17.5 Å². The zero-order valence-electron chi connectivity index (χ0n) is 10.2. The van der Waals surface area contributed by atoms with Crippen LogP contribution in [0.4, 0.5) is 10.1 Å². The maximum Gasteiger partial charge on any atom is 0.345 e. The van der Waals surface area contributed by atoms with Crippen LogP contribution in [0.15, 0.2) is 30.5 Å². The average Bonchev–Trinajstić information content (AvgIpc) is 2.87. The molecule has 0 bridgehead atoms. The number of aryl methyl sites for hydroxylation is 1. The Morgan fingerprint density at radius 1 is 1.37 bits per heavy atom. The molecule has 0 saturated carbocycles. The minimum absolute atomic E-state index is 0.0821. The van der Waals surface area contributed by atoms with Crippen molar-refractivity contribution in [1.82, 2.24) is 4.98 Å². The van der Waals surface area contributed by atoms with E-state index in [1.165, 1.54) is 17.3 Å². The first kappa shape index (κ1) is 12.1. The quantitative estimate of drug-likeness (QED) is 0.690. The van der Waals surface area contributed by atoms with Gasteiger partial charge >= 0.3 is 5.00 Å². The summed E-state index contributed by atoms with van der Waals surface area (Å²) in [6, 6.07) is 8.74. The van der Waals surface area contributed by atoms with E-state index in [9.17, 15) is 10.1 Å². The monoisotopic (exact) mass is 275 g/mol. The van der Waals surface area contributed by atoms with E-state index >= 15 is 0 Å². The van der Waals surface area contributed by atoms with Crippen LogP contribution < -0.4 is 5.32 Å². The van der Waals surface area contributed by atoms with Crippen LogP contribution in [0.25, 0.3) is 0 Å². The van der Waals surface area contributed by atoms with Gasteiger partial charge in [-0.2, -0.15) is 0 Å². The van der Waals surface area contributed by atoms with Crippen molar-refractivity contribution >= 4 is 21.5 Å². The lowest BCUT2D eigenvalue weighted by molar-refractivity contribution is -0.380. The van der Waals surface area contributed by atoms with Crippen molar-refractivity contribution in [2.75, 3.05) is 5.32 Å². The predicted octanol–water partition coefficient (Wildman–Crippen LogP) is 3.02. The second-order valence-corrected chi connectivity index (χ2v) is 5.62. The number of nitrogens with one attached hydrogen (secondary N) is 1. The molecule has 5 nitrogen and oxygen atoms in total. The van der Waals surface area contributed by atoms with Crippen molar-refractivity contribution in [3.8, 4) is 0 Å². The number of fused-ring (bicyclic) bond motifs is 1. The van der Waals surface area contributed by atoms with E-state index in [1.54, 1.807) is 0 Å². The minimum atomic E-state index is -0.404. The molecule has 0 amide bonds. The maximum atomic E-state index is 10.6. The zero-order valence-corrected chi connectivity index (χ0v) is 11.0. The van der Waals surface area contributed by atoms with Gasteiger partial charge in [0.25, 0.3) is 0 Å². The molecule has 1 aromatic heterocycles. The van der Waals surface area contributed by atoms with E-state index in [1.807, 2.05) is 0 Å². The minimum Gasteiger partial charge on any atom is -0.358 e. The molecule has 1 atom stereocenters. The van der Waals surface area contributed by atoms with Crippen LogP contribution in [0, 0.1) is 10.1 Å². The van der Waals surface area contributed by atoms with E-state index in [0.717, 1.165) is 30.6 Å². The molecule has 0 saturated heterocycles. The van der Waals surface area contributed by atoms with Crippen LogP contribution >= 0.6 is 11.3 Å². The largest absolute Gasteiger partial charge is 0.358 e. The molecule has 0 fully saturated rings. The predicted molar refractivity (Wildman–Crippen MR) is 74.6 cm³/mol. The van der Waals surface area contributed by atoms with E-state index in [-0.39, 0.29) is 5.00 Å². The fourth-order valence-electron chi connectivity index (χ4n) is 2.41. The number of hydrogen-bond acceptors (Lipinski definition) is 5. The summed E-state index contributed by atoms with van der Waals surface area (Å²) in [4.78, 5) is 14.3. The first-order valence-electron chi connectivity index (χ1n) is 6.16. The Balaban J connectivity index is 1.70. The Bertz CT molecular complexity index is 611. The van der Waals surface area contributed by atoms with Crippen LogP contribution in [0.2, 0.25) is 0 Å². The molecular weight excluding hydrogens is 262 g/mol. The highest BCUT2D eigenvalue weighted by Crippen LogP contribution is 2.28. The summed E-state index contributed by atoms with van der Waals surface area (Å²) in [5.74, 6) is 0.